The van der Waals surface area contributed by atoms with Crippen LogP contribution in [0.4, 0.5) is 0 Å². The van der Waals surface area contributed by atoms with Crippen molar-refractivity contribution in [3.8, 4) is 0 Å². The van der Waals surface area contributed by atoms with E-state index in [9.17, 15) is 28.8 Å². The van der Waals surface area contributed by atoms with Gasteiger partial charge in [-0.1, -0.05) is 121 Å². The van der Waals surface area contributed by atoms with Gasteiger partial charge in [0.1, 0.15) is 5.69 Å². The predicted molar refractivity (Wildman–Crippen MR) is 253 cm³/mol. The number of likely N-dealkylation sites (tertiary alicyclic amines) is 2. The van der Waals surface area contributed by atoms with Crippen molar-refractivity contribution in [3.63, 3.8) is 0 Å². The lowest BCUT2D eigenvalue weighted by Gasteiger charge is -2.18. The fourth-order valence-electron chi connectivity index (χ4n) is 10.8. The van der Waals surface area contributed by atoms with Crippen molar-refractivity contribution in [2.24, 2.45) is 23.7 Å². The molecule has 2 aliphatic heterocycles. The Morgan fingerprint density at radius 3 is 0.956 bits per heavy atom. The number of nitrogens with zero attached hydrogens (tertiary/aromatic N) is 3. The lowest BCUT2D eigenvalue weighted by atomic mass is 9.94. The molecule has 0 spiro atoms. The Morgan fingerprint density at radius 1 is 0.382 bits per heavy atom. The molecule has 0 bridgehead atoms. The van der Waals surface area contributed by atoms with E-state index in [1.807, 2.05) is 72.8 Å². The molecule has 6 amide bonds. The number of amides is 6. The van der Waals surface area contributed by atoms with E-state index in [1.54, 1.807) is 0 Å². The van der Waals surface area contributed by atoms with E-state index in [-0.39, 0.29) is 109 Å². The molecule has 1 aromatic heterocycles. The molecule has 68 heavy (non-hydrogen) atoms. The van der Waals surface area contributed by atoms with E-state index in [1.165, 1.54) is 28.1 Å². The Morgan fingerprint density at radius 2 is 0.676 bits per heavy atom. The van der Waals surface area contributed by atoms with Gasteiger partial charge in [-0.3, -0.25) is 33.8 Å². The summed E-state index contributed by atoms with van der Waals surface area (Å²) in [5.41, 5.74) is 4.90. The minimum absolute atomic E-state index is 0.0427. The lowest BCUT2D eigenvalue weighted by molar-refractivity contribution is -0.133. The van der Waals surface area contributed by atoms with Gasteiger partial charge in [-0.15, -0.1) is 0 Å². The standard InChI is InChI=1S/C55H55N7O6/c63-50(57-46-23-37(46)32-13-5-1-6-14-32)41-28-61(29-42(41)51(64)58-47-24-38(47)33-15-7-2-8-16-33)54(67)36-21-22-45(56-27-36)55(68)62-30-43(52(65)59-48-25-39(48)34-17-9-3-10-18-34)44(31-62)53(66)60-49-26-40(49)35-19-11-4-12-20-35/h1-22,27,37-44,46-49H,23-26,28-31H2,(H,57,63)(H,58,64)(H,59,65)(H,60,66)/t37-,38-,39-,40-,41-,42-,43-,44-,46+,47+,48+,49+/m1/s1. The van der Waals surface area contributed by atoms with E-state index in [0.29, 0.717) is 0 Å². The predicted octanol–water partition coefficient (Wildman–Crippen LogP) is 5.15. The van der Waals surface area contributed by atoms with Crippen LogP contribution in [0.15, 0.2) is 140 Å². The third kappa shape index (κ3) is 9.13. The van der Waals surface area contributed by atoms with Crippen LogP contribution in [-0.2, 0) is 19.2 Å². The van der Waals surface area contributed by atoms with Crippen LogP contribution in [0.2, 0.25) is 0 Å². The van der Waals surface area contributed by atoms with E-state index >= 15 is 0 Å². The zero-order chi connectivity index (χ0) is 46.5. The summed E-state index contributed by atoms with van der Waals surface area (Å²) in [5, 5.41) is 12.7. The molecule has 3 heterocycles. The Kier molecular flexibility index (Phi) is 11.6. The minimum atomic E-state index is -0.760. The summed E-state index contributed by atoms with van der Waals surface area (Å²) < 4.78 is 0. The van der Waals surface area contributed by atoms with Crippen LogP contribution in [0.1, 0.15) is 92.5 Å². The van der Waals surface area contributed by atoms with Gasteiger partial charge in [-0.2, -0.15) is 0 Å². The van der Waals surface area contributed by atoms with E-state index in [2.05, 4.69) is 74.8 Å². The maximum absolute atomic E-state index is 14.2. The van der Waals surface area contributed by atoms with Gasteiger partial charge >= 0.3 is 0 Å². The molecular formula is C55H55N7O6. The molecule has 2 saturated heterocycles. The average molecular weight is 910 g/mol. The molecule has 4 aromatic carbocycles. The van der Waals surface area contributed by atoms with Crippen LogP contribution in [0.5, 0.6) is 0 Å². The van der Waals surface area contributed by atoms with Gasteiger partial charge in [-0.05, 0) is 60.1 Å². The second-order valence-corrected chi connectivity index (χ2v) is 19.8. The second kappa shape index (κ2) is 18.2. The topological polar surface area (TPSA) is 170 Å². The monoisotopic (exact) mass is 909 g/mol. The van der Waals surface area contributed by atoms with Gasteiger partial charge in [0, 0.05) is 80.2 Å². The smallest absolute Gasteiger partial charge is 0.272 e. The molecule has 5 aromatic rings. The number of benzene rings is 4. The van der Waals surface area contributed by atoms with Crippen molar-refractivity contribution < 1.29 is 28.8 Å². The first-order valence-electron chi connectivity index (χ1n) is 24.1. The van der Waals surface area contributed by atoms with E-state index < -0.39 is 35.5 Å². The van der Waals surface area contributed by atoms with Gasteiger partial charge in [-0.25, -0.2) is 0 Å². The maximum atomic E-state index is 14.2. The SMILES string of the molecule is O=C(N[C@H]1C[C@@H]1c1ccccc1)[C@@H]1CN(C(=O)c2ccc(C(=O)N3C[C@@H](C(=O)N[C@H]4C[C@@H]4c4ccccc4)[C@H](C(=O)N[C@H]4C[C@@H]4c4ccccc4)C3)nc2)C[C@H]1C(=O)N[C@H]1C[C@@H]1c1ccccc1. The molecule has 346 valence electrons. The van der Waals surface area contributed by atoms with E-state index in [0.717, 1.165) is 47.9 Å². The van der Waals surface area contributed by atoms with Crippen LogP contribution in [0, 0.1) is 23.7 Å². The normalized spacial score (nSPS) is 29.6. The molecule has 6 aliphatic rings. The fraction of sp³-hybridized carbons (Fsp3) is 0.364. The van der Waals surface area contributed by atoms with Crippen LogP contribution in [0.3, 0.4) is 0 Å². The highest BCUT2D eigenvalue weighted by Crippen LogP contribution is 2.44. The summed E-state index contributed by atoms with van der Waals surface area (Å²) in [6.45, 7) is 0.196. The van der Waals surface area contributed by atoms with Gasteiger partial charge in [0.05, 0.1) is 29.2 Å². The molecule has 4 N–H and O–H groups in total. The Labute approximate surface area is 395 Å². The van der Waals surface area contributed by atoms with Crippen molar-refractivity contribution >= 4 is 35.4 Å². The van der Waals surface area contributed by atoms with Gasteiger partial charge in [0.2, 0.25) is 23.6 Å². The number of carbonyl (C=O) groups excluding carboxylic acids is 6. The zero-order valence-corrected chi connectivity index (χ0v) is 37.7. The molecular weight excluding hydrogens is 855 g/mol. The van der Waals surface area contributed by atoms with E-state index in [4.69, 9.17) is 0 Å². The van der Waals surface area contributed by atoms with Crippen molar-refractivity contribution in [1.82, 2.24) is 36.1 Å². The van der Waals surface area contributed by atoms with Crippen LogP contribution in [0.25, 0.3) is 0 Å². The van der Waals surface area contributed by atoms with Crippen LogP contribution in [-0.4, -0.2) is 101 Å². The van der Waals surface area contributed by atoms with Gasteiger partial charge in [0.25, 0.3) is 11.8 Å². The van der Waals surface area contributed by atoms with Gasteiger partial charge in [0.15, 0.2) is 0 Å². The first-order chi connectivity index (χ1) is 33.2. The van der Waals surface area contributed by atoms with Crippen LogP contribution >= 0.6 is 0 Å². The van der Waals surface area contributed by atoms with Crippen LogP contribution < -0.4 is 21.3 Å². The summed E-state index contributed by atoms with van der Waals surface area (Å²) in [5.74, 6) is -4.06. The zero-order valence-electron chi connectivity index (χ0n) is 37.7. The molecule has 4 saturated carbocycles. The van der Waals surface area contributed by atoms with Crippen molar-refractivity contribution in [3.05, 3.63) is 173 Å². The fourth-order valence-corrected chi connectivity index (χ4v) is 10.8. The molecule has 0 radical (unpaired) electrons. The summed E-state index contributed by atoms with van der Waals surface area (Å²) in [7, 11) is 0. The third-order valence-electron chi connectivity index (χ3n) is 15.2. The molecule has 12 atom stereocenters. The summed E-state index contributed by atoms with van der Waals surface area (Å²) >= 11 is 0. The largest absolute Gasteiger partial charge is 0.352 e. The first kappa shape index (κ1) is 43.4. The number of hydrogen-bond acceptors (Lipinski definition) is 7. The number of rotatable bonds is 14. The third-order valence-corrected chi connectivity index (χ3v) is 15.2. The molecule has 13 heteroatoms. The minimum Gasteiger partial charge on any atom is -0.352 e. The summed E-state index contributed by atoms with van der Waals surface area (Å²) in [6.07, 6.45) is 4.58. The highest BCUT2D eigenvalue weighted by molar-refractivity contribution is 5.99. The molecule has 0 unspecified atom stereocenters. The number of pyridine rings is 1. The lowest BCUT2D eigenvalue weighted by Crippen LogP contribution is -2.43. The Balaban J connectivity index is 0.756. The van der Waals surface area contributed by atoms with Crippen molar-refractivity contribution in [2.75, 3.05) is 26.2 Å². The molecule has 4 aliphatic carbocycles. The first-order valence-corrected chi connectivity index (χ1v) is 24.1. The average Bonchev–Trinajstić information content (AvgIpc) is 4.31. The highest BCUT2D eigenvalue weighted by atomic mass is 16.2. The highest BCUT2D eigenvalue weighted by Gasteiger charge is 2.51. The molecule has 6 fully saturated rings. The van der Waals surface area contributed by atoms with Crippen molar-refractivity contribution in [1.29, 1.82) is 0 Å². The molecule has 13 nitrogen and oxygen atoms in total. The number of aromatic nitrogens is 1. The summed E-state index contributed by atoms with van der Waals surface area (Å²) in [4.78, 5) is 91.7. The van der Waals surface area contributed by atoms with Gasteiger partial charge < -0.3 is 31.1 Å². The maximum Gasteiger partial charge on any atom is 0.272 e. The second-order valence-electron chi connectivity index (χ2n) is 19.8. The number of hydrogen-bond donors (Lipinski definition) is 4. The summed E-state index contributed by atoms with van der Waals surface area (Å²) in [6, 6.07) is 43.0. The van der Waals surface area contributed by atoms with Crippen molar-refractivity contribution in [2.45, 2.75) is 73.5 Å². The number of carbonyl (C=O) groups is 6. The Bertz CT molecular complexity index is 2370. The quantitative estimate of drug-likeness (QED) is 0.120. The Hall–Kier alpha value is -7.15. The molecule has 11 rings (SSSR count). The number of nitrogens with one attached hydrogen (secondary N) is 4.